The number of fused-ring (bicyclic) bond motifs is 4. The first-order valence-corrected chi connectivity index (χ1v) is 27.3. The Labute approximate surface area is 437 Å². The Bertz CT molecular complexity index is 2590. The van der Waals surface area contributed by atoms with Gasteiger partial charge in [-0.2, -0.15) is 0 Å². The summed E-state index contributed by atoms with van der Waals surface area (Å²) in [6, 6.07) is 29.7. The van der Waals surface area contributed by atoms with E-state index in [1.54, 1.807) is 0 Å². The molecule has 4 amide bonds. The Morgan fingerprint density at radius 1 is 0.405 bits per heavy atom. The molecule has 0 saturated carbocycles. The molecule has 4 aromatic carbocycles. The maximum Gasteiger partial charge on any atom is 0.243 e. The molecule has 0 saturated heterocycles. The molecule has 0 radical (unpaired) electrons. The molecule has 0 fully saturated rings. The molecule has 0 aliphatic rings. The first-order valence-electron chi connectivity index (χ1n) is 27.3. The van der Waals surface area contributed by atoms with Crippen LogP contribution in [-0.4, -0.2) is 97.0 Å². The Kier molecular flexibility index (Phi) is 24.2. The average Bonchev–Trinajstić information content (AvgIpc) is 3.42. The Morgan fingerprint density at radius 2 is 0.797 bits per heavy atom. The largest absolute Gasteiger partial charge is 0.384 e. The first kappa shape index (κ1) is 57.0. The molecule has 0 aliphatic heterocycles. The van der Waals surface area contributed by atoms with E-state index < -0.39 is 30.1 Å². The van der Waals surface area contributed by atoms with Gasteiger partial charge in [-0.25, -0.2) is 9.97 Å². The van der Waals surface area contributed by atoms with Gasteiger partial charge in [0.15, 0.2) is 0 Å². The van der Waals surface area contributed by atoms with E-state index in [0.717, 1.165) is 151 Å². The zero-order chi connectivity index (χ0) is 52.3. The van der Waals surface area contributed by atoms with E-state index in [9.17, 15) is 19.2 Å². The number of carbonyl (C=O) groups excluding carboxylic acids is 4. The SMILES string of the molecule is NCCCCC(NCCCCCCCCNC(=O)C(CCCCN)NC(=O)C(N)CCCCNc1c2ccccc2nc2ccccc12)C(=O)NC(=O)C(N)CCCCNc1c2ccccc2nc2ccccc12. The number of rotatable bonds is 35. The first-order chi connectivity index (χ1) is 36.2. The van der Waals surface area contributed by atoms with Crippen molar-refractivity contribution >= 4 is 78.6 Å². The van der Waals surface area contributed by atoms with Gasteiger partial charge < -0.3 is 49.5 Å². The number of amides is 4. The van der Waals surface area contributed by atoms with E-state index in [-0.39, 0.29) is 17.7 Å². The predicted molar refractivity (Wildman–Crippen MR) is 303 cm³/mol. The second kappa shape index (κ2) is 31.4. The van der Waals surface area contributed by atoms with E-state index >= 15 is 0 Å². The molecule has 398 valence electrons. The van der Waals surface area contributed by atoms with Crippen LogP contribution in [-0.2, 0) is 19.2 Å². The van der Waals surface area contributed by atoms with Gasteiger partial charge >= 0.3 is 0 Å². The minimum absolute atomic E-state index is 0.197. The number of nitrogens with two attached hydrogens (primary N) is 4. The lowest BCUT2D eigenvalue weighted by Gasteiger charge is -2.21. The van der Waals surface area contributed by atoms with Gasteiger partial charge in [-0.1, -0.05) is 105 Å². The van der Waals surface area contributed by atoms with Gasteiger partial charge in [-0.3, -0.25) is 24.5 Å². The van der Waals surface area contributed by atoms with Crippen LogP contribution in [0.25, 0.3) is 43.6 Å². The van der Waals surface area contributed by atoms with Gasteiger partial charge in [0.2, 0.25) is 23.6 Å². The number of aromatic nitrogens is 2. The monoisotopic (exact) mass is 1010 g/mol. The second-order valence-corrected chi connectivity index (χ2v) is 19.5. The van der Waals surface area contributed by atoms with Gasteiger partial charge in [0, 0.05) is 41.2 Å². The predicted octanol–water partition coefficient (Wildman–Crippen LogP) is 7.41. The maximum absolute atomic E-state index is 13.3. The highest BCUT2D eigenvalue weighted by molar-refractivity contribution is 6.08. The highest BCUT2D eigenvalue weighted by atomic mass is 16.2. The fraction of sp³-hybridized carbons (Fsp3) is 0.483. The number of pyridine rings is 2. The third kappa shape index (κ3) is 17.7. The van der Waals surface area contributed by atoms with Gasteiger partial charge in [-0.05, 0) is 127 Å². The molecular weight excluding hydrogens is 929 g/mol. The van der Waals surface area contributed by atoms with Crippen molar-refractivity contribution in [2.75, 3.05) is 49.9 Å². The van der Waals surface area contributed by atoms with Crippen molar-refractivity contribution in [1.29, 1.82) is 0 Å². The van der Waals surface area contributed by atoms with Gasteiger partial charge in [0.25, 0.3) is 0 Å². The highest BCUT2D eigenvalue weighted by Crippen LogP contribution is 2.32. The number of benzene rings is 4. The molecule has 16 heteroatoms. The normalized spacial score (nSPS) is 13.1. The van der Waals surface area contributed by atoms with E-state index in [0.29, 0.717) is 58.4 Å². The minimum Gasteiger partial charge on any atom is -0.384 e. The summed E-state index contributed by atoms with van der Waals surface area (Å²) < 4.78 is 0. The van der Waals surface area contributed by atoms with Crippen molar-refractivity contribution in [2.45, 2.75) is 140 Å². The molecule has 2 aromatic heterocycles. The van der Waals surface area contributed by atoms with Crippen LogP contribution in [0.4, 0.5) is 11.4 Å². The molecule has 74 heavy (non-hydrogen) atoms. The number of hydrogen-bond acceptors (Lipinski definition) is 13. The van der Waals surface area contributed by atoms with Crippen molar-refractivity contribution < 1.29 is 19.2 Å². The van der Waals surface area contributed by atoms with Crippen molar-refractivity contribution in [3.63, 3.8) is 0 Å². The number of anilines is 2. The van der Waals surface area contributed by atoms with Crippen LogP contribution in [0.3, 0.4) is 0 Å². The van der Waals surface area contributed by atoms with Crippen molar-refractivity contribution in [3.8, 4) is 0 Å². The van der Waals surface area contributed by atoms with Gasteiger partial charge in [0.05, 0.1) is 51.6 Å². The molecule has 0 bridgehead atoms. The standard InChI is InChI=1S/C58H82N12O4/c59-35-17-13-33-51(58(74)70-56(72)46(62)28-16-22-39-65-54-43-25-7-11-31-49(43)68-50-32-12-8-26-44(50)54)63-37-19-3-1-2-4-20-40-66-57(73)52(34-14-18-36-60)69-55(71)45(61)27-15-21-38-64-53-41-23-5-9-29-47(41)67-48-30-10-6-24-42(48)53/h5-12,23-26,29-32,45-46,51-52,63H,1-4,13-22,27-28,33-40,59-62H2,(H,64,67)(H,65,68)(H,66,73)(H,69,71)(H,70,72,74). The number of unbranched alkanes of at least 4 members (excludes halogenated alkanes) is 9. The van der Waals surface area contributed by atoms with Crippen LogP contribution in [0, 0.1) is 0 Å². The lowest BCUT2D eigenvalue weighted by Crippen LogP contribution is -2.51. The highest BCUT2D eigenvalue weighted by Gasteiger charge is 2.25. The smallest absolute Gasteiger partial charge is 0.243 e. The number of hydrogen-bond donors (Lipinski definition) is 10. The number of nitrogens with zero attached hydrogens (tertiary/aromatic N) is 2. The lowest BCUT2D eigenvalue weighted by atomic mass is 10.1. The number of imide groups is 1. The zero-order valence-corrected chi connectivity index (χ0v) is 43.4. The Balaban J connectivity index is 0.821. The second-order valence-electron chi connectivity index (χ2n) is 19.5. The van der Waals surface area contributed by atoms with Crippen LogP contribution in [0.15, 0.2) is 97.1 Å². The molecule has 0 spiro atoms. The van der Waals surface area contributed by atoms with E-state index in [1.165, 1.54) is 0 Å². The fourth-order valence-electron chi connectivity index (χ4n) is 9.46. The molecule has 4 atom stereocenters. The molecule has 0 aliphatic carbocycles. The summed E-state index contributed by atoms with van der Waals surface area (Å²) in [5, 5.41) is 23.4. The number of nitrogens with one attached hydrogen (secondary N) is 6. The van der Waals surface area contributed by atoms with Crippen LogP contribution in [0.5, 0.6) is 0 Å². The van der Waals surface area contributed by atoms with E-state index in [2.05, 4.69) is 56.2 Å². The molecule has 14 N–H and O–H groups in total. The lowest BCUT2D eigenvalue weighted by molar-refractivity contribution is -0.132. The molecule has 4 unspecified atom stereocenters. The van der Waals surface area contributed by atoms with Crippen molar-refractivity contribution in [2.24, 2.45) is 22.9 Å². The molecule has 2 heterocycles. The summed E-state index contributed by atoms with van der Waals surface area (Å²) in [5.74, 6) is -1.32. The van der Waals surface area contributed by atoms with E-state index in [4.69, 9.17) is 32.9 Å². The van der Waals surface area contributed by atoms with E-state index in [1.807, 2.05) is 72.8 Å². The van der Waals surface area contributed by atoms with Crippen molar-refractivity contribution in [1.82, 2.24) is 31.2 Å². The topological polar surface area (TPSA) is 270 Å². The van der Waals surface area contributed by atoms with Gasteiger partial charge in [0.1, 0.15) is 6.04 Å². The Morgan fingerprint density at radius 3 is 1.27 bits per heavy atom. The van der Waals surface area contributed by atoms with Crippen LogP contribution in [0.2, 0.25) is 0 Å². The summed E-state index contributed by atoms with van der Waals surface area (Å²) in [6.45, 7) is 3.64. The van der Waals surface area contributed by atoms with Crippen LogP contribution < -0.4 is 54.8 Å². The summed E-state index contributed by atoms with van der Waals surface area (Å²) in [7, 11) is 0. The average molecular weight is 1010 g/mol. The Hall–Kier alpha value is -6.30. The quantitative estimate of drug-likeness (QED) is 0.0137. The number of carbonyl (C=O) groups is 4. The molecular formula is C58H82N12O4. The zero-order valence-electron chi connectivity index (χ0n) is 43.4. The third-order valence-electron chi connectivity index (χ3n) is 13.7. The van der Waals surface area contributed by atoms with Crippen LogP contribution in [0.1, 0.15) is 116 Å². The fourth-order valence-corrected chi connectivity index (χ4v) is 9.46. The van der Waals surface area contributed by atoms with Crippen molar-refractivity contribution in [3.05, 3.63) is 97.1 Å². The number of para-hydroxylation sites is 4. The van der Waals surface area contributed by atoms with Crippen LogP contribution >= 0.6 is 0 Å². The minimum atomic E-state index is -0.787. The van der Waals surface area contributed by atoms with Gasteiger partial charge in [-0.15, -0.1) is 0 Å². The summed E-state index contributed by atoms with van der Waals surface area (Å²) >= 11 is 0. The third-order valence-corrected chi connectivity index (χ3v) is 13.7. The summed E-state index contributed by atoms with van der Waals surface area (Å²) in [5.41, 5.74) is 30.0. The molecule has 16 nitrogen and oxygen atoms in total. The summed E-state index contributed by atoms with van der Waals surface area (Å²) in [4.78, 5) is 62.4. The summed E-state index contributed by atoms with van der Waals surface area (Å²) in [6.07, 6.45) is 13.8. The molecule has 6 aromatic rings. The molecule has 6 rings (SSSR count). The maximum atomic E-state index is 13.3.